The van der Waals surface area contributed by atoms with Gasteiger partial charge in [-0.1, -0.05) is 0 Å². The summed E-state index contributed by atoms with van der Waals surface area (Å²) in [7, 11) is 0. The fraction of sp³-hybridized carbons (Fsp3) is 0.833. The van der Waals surface area contributed by atoms with Crippen molar-refractivity contribution in [3.8, 4) is 0 Å². The molecule has 0 spiro atoms. The first-order valence-electron chi connectivity index (χ1n) is 3.17. The van der Waals surface area contributed by atoms with Crippen molar-refractivity contribution in [1.82, 2.24) is 0 Å². The smallest absolute Gasteiger partial charge is 0.238 e. The van der Waals surface area contributed by atoms with Crippen LogP contribution in [0.2, 0.25) is 0 Å². The predicted octanol–water partition coefficient (Wildman–Crippen LogP) is 0.779. The van der Waals surface area contributed by atoms with E-state index in [1.165, 1.54) is 0 Å². The molecule has 0 heterocycles. The van der Waals surface area contributed by atoms with Gasteiger partial charge in [-0.25, -0.2) is 8.78 Å². The molecule has 0 saturated heterocycles. The highest BCUT2D eigenvalue weighted by Gasteiger charge is 2.07. The summed E-state index contributed by atoms with van der Waals surface area (Å²) in [6.07, 6.45) is -2.55. The molecule has 0 N–H and O–H groups in total. The monoisotopic (exact) mass is 185 g/mol. The molecule has 0 radical (unpaired) electrons. The number of halogens is 3. The third-order valence-corrected chi connectivity index (χ3v) is 1.53. The van der Waals surface area contributed by atoms with E-state index in [9.17, 15) is 18.7 Å². The summed E-state index contributed by atoms with van der Waals surface area (Å²) < 4.78 is 23.0. The van der Waals surface area contributed by atoms with Gasteiger partial charge in [0, 0.05) is 6.42 Å². The highest BCUT2D eigenvalue weighted by molar-refractivity contribution is 6.29. The molecule has 66 valence electrons. The van der Waals surface area contributed by atoms with Crippen molar-refractivity contribution in [2.24, 2.45) is 0 Å². The second kappa shape index (κ2) is 5.29. The number of alkyl halides is 3. The SMILES string of the molecule is O=C([O-])C(Cl)CCCC(F)F. The number of hydrogen-bond acceptors (Lipinski definition) is 2. The Balaban J connectivity index is 3.31. The maximum Gasteiger partial charge on any atom is 0.238 e. The summed E-state index contributed by atoms with van der Waals surface area (Å²) in [5, 5.41) is 8.80. The van der Waals surface area contributed by atoms with E-state index in [4.69, 9.17) is 11.6 Å². The normalized spacial score (nSPS) is 13.5. The largest absolute Gasteiger partial charge is 0.549 e. The van der Waals surface area contributed by atoms with Gasteiger partial charge in [0.15, 0.2) is 0 Å². The zero-order chi connectivity index (χ0) is 8.85. The third-order valence-electron chi connectivity index (χ3n) is 1.14. The Morgan fingerprint density at radius 1 is 1.45 bits per heavy atom. The van der Waals surface area contributed by atoms with Crippen LogP contribution in [-0.2, 0) is 4.79 Å². The summed E-state index contributed by atoms with van der Waals surface area (Å²) in [6.45, 7) is 0. The molecule has 0 aromatic heterocycles. The van der Waals surface area contributed by atoms with Crippen LogP contribution in [0.4, 0.5) is 8.78 Å². The Morgan fingerprint density at radius 2 is 2.00 bits per heavy atom. The van der Waals surface area contributed by atoms with Crippen molar-refractivity contribution in [3.63, 3.8) is 0 Å². The van der Waals surface area contributed by atoms with Crippen molar-refractivity contribution in [1.29, 1.82) is 0 Å². The van der Waals surface area contributed by atoms with Crippen LogP contribution < -0.4 is 5.11 Å². The zero-order valence-corrected chi connectivity index (χ0v) is 6.48. The number of carbonyl (C=O) groups is 1. The maximum atomic E-state index is 11.5. The Labute approximate surface area is 68.2 Å². The lowest BCUT2D eigenvalue weighted by Crippen LogP contribution is -2.31. The van der Waals surface area contributed by atoms with E-state index in [2.05, 4.69) is 0 Å². The fourth-order valence-corrected chi connectivity index (χ4v) is 0.724. The standard InChI is InChI=1S/C6H9ClF2O2/c7-4(6(10)11)2-1-3-5(8)9/h4-5H,1-3H2,(H,10,11)/p-1. The van der Waals surface area contributed by atoms with Crippen LogP contribution in [0.1, 0.15) is 19.3 Å². The summed E-state index contributed by atoms with van der Waals surface area (Å²) in [4.78, 5) is 9.94. The van der Waals surface area contributed by atoms with Gasteiger partial charge in [-0.2, -0.15) is 0 Å². The molecular formula is C6H8ClF2O2-. The van der Waals surface area contributed by atoms with Crippen molar-refractivity contribution in [2.75, 3.05) is 0 Å². The van der Waals surface area contributed by atoms with Gasteiger partial charge in [0.25, 0.3) is 0 Å². The second-order valence-corrected chi connectivity index (χ2v) is 2.64. The lowest BCUT2D eigenvalue weighted by molar-refractivity contribution is -0.305. The molecule has 0 aliphatic carbocycles. The van der Waals surface area contributed by atoms with E-state index < -0.39 is 17.8 Å². The molecule has 0 fully saturated rings. The molecule has 0 aromatic rings. The van der Waals surface area contributed by atoms with E-state index in [-0.39, 0.29) is 19.3 Å². The van der Waals surface area contributed by atoms with E-state index >= 15 is 0 Å². The van der Waals surface area contributed by atoms with Crippen LogP contribution in [-0.4, -0.2) is 17.8 Å². The molecule has 1 unspecified atom stereocenters. The molecule has 1 atom stereocenters. The lowest BCUT2D eigenvalue weighted by atomic mass is 10.2. The molecule has 0 rings (SSSR count). The van der Waals surface area contributed by atoms with Gasteiger partial charge in [-0.3, -0.25) is 0 Å². The van der Waals surface area contributed by atoms with Crippen LogP contribution in [0.25, 0.3) is 0 Å². The third kappa shape index (κ3) is 6.04. The number of rotatable bonds is 5. The van der Waals surface area contributed by atoms with Gasteiger partial charge in [0.05, 0.1) is 11.3 Å². The van der Waals surface area contributed by atoms with Crippen molar-refractivity contribution >= 4 is 17.6 Å². The van der Waals surface area contributed by atoms with Gasteiger partial charge in [0.1, 0.15) is 0 Å². The van der Waals surface area contributed by atoms with Crippen LogP contribution in [0.5, 0.6) is 0 Å². The van der Waals surface area contributed by atoms with Gasteiger partial charge in [-0.05, 0) is 12.8 Å². The molecular weight excluding hydrogens is 178 g/mol. The number of hydrogen-bond donors (Lipinski definition) is 0. The average molecular weight is 186 g/mol. The number of aliphatic carboxylic acids is 1. The fourth-order valence-electron chi connectivity index (χ4n) is 0.569. The summed E-state index contributed by atoms with van der Waals surface area (Å²) in [5.41, 5.74) is 0. The lowest BCUT2D eigenvalue weighted by Gasteiger charge is -2.08. The molecule has 0 aliphatic heterocycles. The number of carboxylic acid groups (broad SMARTS) is 1. The highest BCUT2D eigenvalue weighted by atomic mass is 35.5. The van der Waals surface area contributed by atoms with Crippen LogP contribution in [0, 0.1) is 0 Å². The Hall–Kier alpha value is -0.380. The average Bonchev–Trinajstić information content (AvgIpc) is 1.86. The minimum Gasteiger partial charge on any atom is -0.549 e. The van der Waals surface area contributed by atoms with Gasteiger partial charge in [0.2, 0.25) is 6.43 Å². The minimum absolute atomic E-state index is 0.0359. The van der Waals surface area contributed by atoms with Gasteiger partial charge < -0.3 is 9.90 Å². The molecule has 0 bridgehead atoms. The van der Waals surface area contributed by atoms with E-state index in [0.717, 1.165) is 0 Å². The predicted molar refractivity (Wildman–Crippen MR) is 34.5 cm³/mol. The quantitative estimate of drug-likeness (QED) is 0.594. The minimum atomic E-state index is -2.39. The topological polar surface area (TPSA) is 40.1 Å². The first-order chi connectivity index (χ1) is 5.04. The summed E-state index contributed by atoms with van der Waals surface area (Å²) in [5.74, 6) is -1.40. The van der Waals surface area contributed by atoms with Crippen molar-refractivity contribution in [2.45, 2.75) is 31.1 Å². The molecule has 0 saturated carbocycles. The van der Waals surface area contributed by atoms with Crippen molar-refractivity contribution in [3.05, 3.63) is 0 Å². The Kier molecular flexibility index (Phi) is 5.11. The summed E-state index contributed by atoms with van der Waals surface area (Å²) in [6, 6.07) is 0. The number of carboxylic acids is 1. The van der Waals surface area contributed by atoms with Gasteiger partial charge >= 0.3 is 0 Å². The van der Waals surface area contributed by atoms with E-state index in [0.29, 0.717) is 0 Å². The Bertz CT molecular complexity index is 130. The molecule has 0 aliphatic rings. The van der Waals surface area contributed by atoms with E-state index in [1.807, 2.05) is 0 Å². The number of carbonyl (C=O) groups excluding carboxylic acids is 1. The molecule has 2 nitrogen and oxygen atoms in total. The van der Waals surface area contributed by atoms with Gasteiger partial charge in [-0.15, -0.1) is 11.6 Å². The Morgan fingerprint density at radius 3 is 2.36 bits per heavy atom. The van der Waals surface area contributed by atoms with Crippen LogP contribution in [0.3, 0.4) is 0 Å². The zero-order valence-electron chi connectivity index (χ0n) is 5.73. The molecule has 11 heavy (non-hydrogen) atoms. The molecule has 0 amide bonds. The van der Waals surface area contributed by atoms with Crippen LogP contribution >= 0.6 is 11.6 Å². The van der Waals surface area contributed by atoms with Crippen molar-refractivity contribution < 1.29 is 18.7 Å². The van der Waals surface area contributed by atoms with E-state index in [1.54, 1.807) is 0 Å². The summed E-state index contributed by atoms with van der Waals surface area (Å²) >= 11 is 5.19. The first-order valence-corrected chi connectivity index (χ1v) is 3.60. The maximum absolute atomic E-state index is 11.5. The second-order valence-electron chi connectivity index (χ2n) is 2.11. The first kappa shape index (κ1) is 10.6. The molecule has 0 aromatic carbocycles. The molecule has 5 heteroatoms. The highest BCUT2D eigenvalue weighted by Crippen LogP contribution is 2.10. The van der Waals surface area contributed by atoms with Crippen LogP contribution in [0.15, 0.2) is 0 Å².